The highest BCUT2D eigenvalue weighted by Gasteiger charge is 2.28. The summed E-state index contributed by atoms with van der Waals surface area (Å²) in [6.07, 6.45) is 0.0214. The Kier molecular flexibility index (Phi) is 8.87. The van der Waals surface area contributed by atoms with Crippen LogP contribution >= 0.6 is 0 Å². The van der Waals surface area contributed by atoms with E-state index in [0.717, 1.165) is 0 Å². The van der Waals surface area contributed by atoms with Crippen molar-refractivity contribution in [3.8, 4) is 11.1 Å². The minimum atomic E-state index is -0.451. The monoisotopic (exact) mass is 426 g/mol. The van der Waals surface area contributed by atoms with Crippen LogP contribution in [0.15, 0.2) is 48.5 Å². The summed E-state index contributed by atoms with van der Waals surface area (Å²) in [5.41, 5.74) is 4.79. The largest absolute Gasteiger partial charge is 0.449 e. The van der Waals surface area contributed by atoms with Gasteiger partial charge in [-0.25, -0.2) is 4.79 Å². The highest BCUT2D eigenvalue weighted by Crippen LogP contribution is 2.44. The van der Waals surface area contributed by atoms with E-state index >= 15 is 0 Å². The number of hydrogen-bond acceptors (Lipinski definition) is 5. The van der Waals surface area contributed by atoms with E-state index in [-0.39, 0.29) is 11.8 Å². The minimum Gasteiger partial charge on any atom is -0.449 e. The van der Waals surface area contributed by atoms with E-state index in [9.17, 15) is 9.59 Å². The molecule has 1 aliphatic rings. The molecule has 2 N–H and O–H groups in total. The number of fused-ring (bicyclic) bond motifs is 3. The van der Waals surface area contributed by atoms with Gasteiger partial charge in [0.2, 0.25) is 5.91 Å². The Labute approximate surface area is 183 Å². The number of ether oxygens (including phenoxy) is 3. The average molecular weight is 427 g/mol. The van der Waals surface area contributed by atoms with Gasteiger partial charge in [0.05, 0.1) is 26.4 Å². The number of hydrogen-bond donors (Lipinski definition) is 2. The second kappa shape index (κ2) is 12.1. The van der Waals surface area contributed by atoms with Gasteiger partial charge in [0.25, 0.3) is 0 Å². The molecule has 2 aromatic carbocycles. The Morgan fingerprint density at radius 1 is 0.806 bits per heavy atom. The van der Waals surface area contributed by atoms with Gasteiger partial charge in [0.1, 0.15) is 6.61 Å². The lowest BCUT2D eigenvalue weighted by atomic mass is 9.98. The Bertz CT molecular complexity index is 825. The Morgan fingerprint density at radius 3 is 1.94 bits per heavy atom. The molecule has 2 amide bonds. The molecule has 31 heavy (non-hydrogen) atoms. The van der Waals surface area contributed by atoms with E-state index < -0.39 is 6.09 Å². The van der Waals surface area contributed by atoms with Crippen LogP contribution in [0.4, 0.5) is 4.79 Å². The average Bonchev–Trinajstić information content (AvgIpc) is 3.12. The van der Waals surface area contributed by atoms with E-state index in [1.807, 2.05) is 24.3 Å². The van der Waals surface area contributed by atoms with Crippen LogP contribution in [0.5, 0.6) is 0 Å². The molecular weight excluding hydrogens is 396 g/mol. The first-order valence-electron chi connectivity index (χ1n) is 10.7. The third-order valence-corrected chi connectivity index (χ3v) is 5.12. The van der Waals surface area contributed by atoms with Gasteiger partial charge < -0.3 is 24.8 Å². The fourth-order valence-electron chi connectivity index (χ4n) is 3.58. The summed E-state index contributed by atoms with van der Waals surface area (Å²) in [6.45, 7) is 4.65. The second-order valence-corrected chi connectivity index (χ2v) is 7.18. The lowest BCUT2D eigenvalue weighted by Crippen LogP contribution is -2.29. The number of alkyl carbamates (subject to hydrolysis) is 1. The first kappa shape index (κ1) is 22.8. The van der Waals surface area contributed by atoms with Gasteiger partial charge in [-0.15, -0.1) is 0 Å². The van der Waals surface area contributed by atoms with Gasteiger partial charge in [-0.2, -0.15) is 0 Å². The Hall–Kier alpha value is -2.90. The fraction of sp³-hybridized carbons (Fsp3) is 0.417. The lowest BCUT2D eigenvalue weighted by Gasteiger charge is -2.14. The zero-order valence-corrected chi connectivity index (χ0v) is 17.9. The molecule has 7 heteroatoms. The third-order valence-electron chi connectivity index (χ3n) is 5.12. The molecule has 3 rings (SSSR count). The van der Waals surface area contributed by atoms with Gasteiger partial charge in [0, 0.05) is 25.4 Å². The molecule has 0 fully saturated rings. The molecule has 1 aliphatic carbocycles. The van der Waals surface area contributed by atoms with Crippen molar-refractivity contribution in [1.29, 1.82) is 0 Å². The van der Waals surface area contributed by atoms with E-state index in [0.29, 0.717) is 52.5 Å². The molecule has 0 aliphatic heterocycles. The van der Waals surface area contributed by atoms with Crippen molar-refractivity contribution < 1.29 is 23.8 Å². The highest BCUT2D eigenvalue weighted by molar-refractivity contribution is 5.79. The normalized spacial score (nSPS) is 12.2. The molecule has 0 bridgehead atoms. The Balaban J connectivity index is 1.28. The van der Waals surface area contributed by atoms with Crippen LogP contribution in [0.2, 0.25) is 0 Å². The lowest BCUT2D eigenvalue weighted by molar-refractivity contribution is -0.121. The van der Waals surface area contributed by atoms with Crippen LogP contribution < -0.4 is 10.6 Å². The van der Waals surface area contributed by atoms with Gasteiger partial charge in [-0.3, -0.25) is 4.79 Å². The molecule has 0 aromatic heterocycles. The molecule has 0 saturated carbocycles. The number of benzene rings is 2. The quantitative estimate of drug-likeness (QED) is 0.510. The minimum absolute atomic E-state index is 0.0131. The molecule has 0 spiro atoms. The van der Waals surface area contributed by atoms with Gasteiger partial charge in [-0.1, -0.05) is 55.5 Å². The molecule has 7 nitrogen and oxygen atoms in total. The van der Waals surface area contributed by atoms with Crippen LogP contribution in [-0.4, -0.2) is 58.1 Å². The van der Waals surface area contributed by atoms with E-state index in [2.05, 4.69) is 34.9 Å². The van der Waals surface area contributed by atoms with Gasteiger partial charge in [0.15, 0.2) is 0 Å². The first-order valence-corrected chi connectivity index (χ1v) is 10.7. The number of carbonyl (C=O) groups is 2. The first-order chi connectivity index (χ1) is 15.2. The zero-order valence-electron chi connectivity index (χ0n) is 17.9. The number of nitrogens with one attached hydrogen (secondary N) is 2. The smallest absolute Gasteiger partial charge is 0.407 e. The molecule has 0 heterocycles. The van der Waals surface area contributed by atoms with Gasteiger partial charge in [-0.05, 0) is 22.3 Å². The van der Waals surface area contributed by atoms with Crippen molar-refractivity contribution in [1.82, 2.24) is 10.6 Å². The molecule has 0 radical (unpaired) electrons. The number of amides is 2. The summed E-state index contributed by atoms with van der Waals surface area (Å²) in [7, 11) is 0. The maximum Gasteiger partial charge on any atom is 0.407 e. The fourth-order valence-corrected chi connectivity index (χ4v) is 3.58. The predicted molar refractivity (Wildman–Crippen MR) is 118 cm³/mol. The molecule has 0 atom stereocenters. The molecule has 2 aromatic rings. The maximum atomic E-state index is 12.1. The van der Waals surface area contributed by atoms with Crippen molar-refractivity contribution >= 4 is 12.0 Å². The summed E-state index contributed by atoms with van der Waals surface area (Å²) in [4.78, 5) is 23.1. The van der Waals surface area contributed by atoms with Crippen molar-refractivity contribution in [3.63, 3.8) is 0 Å². The molecule has 0 unspecified atom stereocenters. The number of rotatable bonds is 12. The van der Waals surface area contributed by atoms with Crippen LogP contribution in [0, 0.1) is 0 Å². The van der Waals surface area contributed by atoms with Crippen LogP contribution in [-0.2, 0) is 19.0 Å². The van der Waals surface area contributed by atoms with Crippen molar-refractivity contribution in [2.45, 2.75) is 19.3 Å². The van der Waals surface area contributed by atoms with Crippen molar-refractivity contribution in [2.75, 3.05) is 46.1 Å². The summed E-state index contributed by atoms with van der Waals surface area (Å²) in [5.74, 6) is 0.0628. The van der Waals surface area contributed by atoms with Crippen molar-refractivity contribution in [3.05, 3.63) is 59.7 Å². The van der Waals surface area contributed by atoms with Crippen molar-refractivity contribution in [2.24, 2.45) is 0 Å². The number of carbonyl (C=O) groups excluding carboxylic acids is 2. The zero-order chi connectivity index (χ0) is 21.9. The Morgan fingerprint density at radius 2 is 1.35 bits per heavy atom. The van der Waals surface area contributed by atoms with E-state index in [1.165, 1.54) is 22.3 Å². The topological polar surface area (TPSA) is 85.9 Å². The van der Waals surface area contributed by atoms with Crippen LogP contribution in [0.25, 0.3) is 11.1 Å². The third kappa shape index (κ3) is 6.54. The summed E-state index contributed by atoms with van der Waals surface area (Å²) in [6, 6.07) is 16.5. The van der Waals surface area contributed by atoms with Crippen LogP contribution in [0.3, 0.4) is 0 Å². The highest BCUT2D eigenvalue weighted by atomic mass is 16.5. The van der Waals surface area contributed by atoms with E-state index in [4.69, 9.17) is 14.2 Å². The maximum absolute atomic E-state index is 12.1. The predicted octanol–water partition coefficient (Wildman–Crippen LogP) is 3.08. The van der Waals surface area contributed by atoms with Crippen LogP contribution in [0.1, 0.15) is 30.4 Å². The molecule has 0 saturated heterocycles. The second-order valence-electron chi connectivity index (χ2n) is 7.18. The standard InChI is InChI=1S/C24H30N2O5/c1-2-23(27)25-11-13-29-15-16-30-14-12-26-24(28)31-17-22-20-9-5-3-7-18(20)19-8-4-6-10-21(19)22/h3-10,22H,2,11-17H2,1H3,(H,25,27)(H,26,28). The summed E-state index contributed by atoms with van der Waals surface area (Å²) in [5, 5.41) is 5.44. The van der Waals surface area contributed by atoms with E-state index in [1.54, 1.807) is 6.92 Å². The molecular formula is C24H30N2O5. The van der Waals surface area contributed by atoms with Gasteiger partial charge >= 0.3 is 6.09 Å². The summed E-state index contributed by atoms with van der Waals surface area (Å²) < 4.78 is 16.3. The SMILES string of the molecule is CCC(=O)NCCOCCOCCNC(=O)OCC1c2ccccc2-c2ccccc21. The summed E-state index contributed by atoms with van der Waals surface area (Å²) >= 11 is 0. The molecule has 166 valence electrons.